The lowest BCUT2D eigenvalue weighted by Crippen LogP contribution is -2.61. The maximum atomic E-state index is 5.24. The number of nitrogens with zero attached hydrogens (tertiary/aromatic N) is 5. The zero-order chi connectivity index (χ0) is 14.8. The number of ether oxygens (including phenoxy) is 2. The third kappa shape index (κ3) is 3.03. The molecule has 21 heavy (non-hydrogen) atoms. The van der Waals surface area contributed by atoms with Gasteiger partial charge in [0.05, 0.1) is 20.3 Å². The molecule has 0 N–H and O–H groups in total. The highest BCUT2D eigenvalue weighted by atomic mass is 16.5. The maximum absolute atomic E-state index is 5.24. The van der Waals surface area contributed by atoms with E-state index in [0.29, 0.717) is 23.8 Å². The fourth-order valence-corrected chi connectivity index (χ4v) is 3.04. The minimum atomic E-state index is 0.540. The number of likely N-dealkylation sites (N-methyl/N-ethyl adjacent to an activating group) is 1. The van der Waals surface area contributed by atoms with Crippen molar-refractivity contribution >= 4 is 5.95 Å². The van der Waals surface area contributed by atoms with E-state index < -0.39 is 0 Å². The lowest BCUT2D eigenvalue weighted by atomic mass is 10.1. The van der Waals surface area contributed by atoms with Gasteiger partial charge in [0.15, 0.2) is 0 Å². The van der Waals surface area contributed by atoms with Gasteiger partial charge in [0.1, 0.15) is 0 Å². The molecule has 1 atom stereocenters. The molecule has 0 radical (unpaired) electrons. The van der Waals surface area contributed by atoms with Crippen LogP contribution < -0.4 is 14.4 Å². The van der Waals surface area contributed by atoms with Gasteiger partial charge in [-0.15, -0.1) is 0 Å². The summed E-state index contributed by atoms with van der Waals surface area (Å²) in [5, 5.41) is 0. The number of piperazine rings is 2. The van der Waals surface area contributed by atoms with E-state index in [4.69, 9.17) is 9.47 Å². The van der Waals surface area contributed by atoms with Crippen LogP contribution in [0.5, 0.6) is 11.8 Å². The van der Waals surface area contributed by atoms with E-state index >= 15 is 0 Å². The maximum Gasteiger partial charge on any atom is 0.232 e. The average molecular weight is 293 g/mol. The summed E-state index contributed by atoms with van der Waals surface area (Å²) >= 11 is 0. The first-order valence-corrected chi connectivity index (χ1v) is 7.34. The molecule has 1 aromatic rings. The molecule has 0 aromatic carbocycles. The highest BCUT2D eigenvalue weighted by molar-refractivity contribution is 5.37. The smallest absolute Gasteiger partial charge is 0.232 e. The van der Waals surface area contributed by atoms with E-state index in [-0.39, 0.29) is 0 Å². The molecule has 2 fully saturated rings. The number of aromatic nitrogens is 2. The number of anilines is 1. The summed E-state index contributed by atoms with van der Waals surface area (Å²) in [4.78, 5) is 16.1. The lowest BCUT2D eigenvalue weighted by molar-refractivity contribution is 0.0801. The number of rotatable bonds is 3. The van der Waals surface area contributed by atoms with E-state index in [2.05, 4.69) is 31.7 Å². The Hall–Kier alpha value is -1.60. The van der Waals surface area contributed by atoms with Crippen molar-refractivity contribution in [2.75, 3.05) is 65.4 Å². The number of methoxy groups -OCH3 is 2. The Morgan fingerprint density at radius 3 is 2.33 bits per heavy atom. The molecule has 0 saturated carbocycles. The molecule has 3 heterocycles. The van der Waals surface area contributed by atoms with Gasteiger partial charge in [-0.2, -0.15) is 9.97 Å². The predicted octanol–water partition coefficient (Wildman–Crippen LogP) is -0.0702. The molecule has 0 spiro atoms. The summed E-state index contributed by atoms with van der Waals surface area (Å²) in [6.07, 6.45) is 0. The Bertz CT molecular complexity index is 476. The molecule has 3 rings (SSSR count). The largest absolute Gasteiger partial charge is 0.481 e. The molecule has 0 amide bonds. The van der Waals surface area contributed by atoms with Gasteiger partial charge in [-0.3, -0.25) is 4.90 Å². The predicted molar refractivity (Wildman–Crippen MR) is 80.2 cm³/mol. The molecule has 2 aliphatic rings. The van der Waals surface area contributed by atoms with Crippen LogP contribution >= 0.6 is 0 Å². The van der Waals surface area contributed by atoms with Crippen LogP contribution in [-0.2, 0) is 0 Å². The first-order valence-electron chi connectivity index (χ1n) is 7.34. The fourth-order valence-electron chi connectivity index (χ4n) is 3.04. The number of hydrogen-bond acceptors (Lipinski definition) is 7. The van der Waals surface area contributed by atoms with E-state index in [1.54, 1.807) is 20.3 Å². The highest BCUT2D eigenvalue weighted by Crippen LogP contribution is 2.23. The first kappa shape index (κ1) is 14.3. The monoisotopic (exact) mass is 293 g/mol. The molecular weight excluding hydrogens is 270 g/mol. The Balaban J connectivity index is 1.78. The topological polar surface area (TPSA) is 54.0 Å². The minimum absolute atomic E-state index is 0.540. The zero-order valence-electron chi connectivity index (χ0n) is 12.9. The van der Waals surface area contributed by atoms with Crippen molar-refractivity contribution in [3.05, 3.63) is 6.07 Å². The van der Waals surface area contributed by atoms with Gasteiger partial charge in [0.25, 0.3) is 0 Å². The Kier molecular flexibility index (Phi) is 4.12. The number of fused-ring (bicyclic) bond motifs is 1. The van der Waals surface area contributed by atoms with Crippen LogP contribution in [0.1, 0.15) is 0 Å². The van der Waals surface area contributed by atoms with Gasteiger partial charge in [-0.05, 0) is 7.05 Å². The van der Waals surface area contributed by atoms with Crippen LogP contribution in [0, 0.1) is 0 Å². The SMILES string of the molecule is COc1cc(OC)nc(N2CCN3CCN(C)CC3C2)n1. The summed E-state index contributed by atoms with van der Waals surface area (Å²) in [6, 6.07) is 2.24. The van der Waals surface area contributed by atoms with E-state index in [0.717, 1.165) is 39.3 Å². The molecule has 7 heteroatoms. The van der Waals surface area contributed by atoms with Crippen LogP contribution in [0.3, 0.4) is 0 Å². The summed E-state index contributed by atoms with van der Waals surface area (Å²) in [5.41, 5.74) is 0. The van der Waals surface area contributed by atoms with Gasteiger partial charge in [-0.1, -0.05) is 0 Å². The van der Waals surface area contributed by atoms with Crippen molar-refractivity contribution < 1.29 is 9.47 Å². The molecule has 0 aliphatic carbocycles. The van der Waals surface area contributed by atoms with Crippen molar-refractivity contribution in [1.82, 2.24) is 19.8 Å². The van der Waals surface area contributed by atoms with E-state index in [1.807, 2.05) is 0 Å². The van der Waals surface area contributed by atoms with Crippen LogP contribution in [0.15, 0.2) is 6.07 Å². The average Bonchev–Trinajstić information content (AvgIpc) is 2.53. The Morgan fingerprint density at radius 1 is 1.00 bits per heavy atom. The van der Waals surface area contributed by atoms with Gasteiger partial charge in [0, 0.05) is 45.3 Å². The standard InChI is InChI=1S/C14H23N5O2/c1-17-4-5-18-6-7-19(10-11(18)9-17)14-15-12(20-2)8-13(16-14)21-3/h8,11H,4-7,9-10H2,1-3H3. The molecule has 116 valence electrons. The molecule has 0 bridgehead atoms. The van der Waals surface area contributed by atoms with Crippen molar-refractivity contribution in [3.8, 4) is 11.8 Å². The third-order valence-corrected chi connectivity index (χ3v) is 4.26. The van der Waals surface area contributed by atoms with Gasteiger partial charge in [0.2, 0.25) is 17.7 Å². The van der Waals surface area contributed by atoms with Gasteiger partial charge < -0.3 is 19.3 Å². The van der Waals surface area contributed by atoms with Crippen molar-refractivity contribution in [2.24, 2.45) is 0 Å². The quantitative estimate of drug-likeness (QED) is 0.773. The molecule has 1 aromatic heterocycles. The molecular formula is C14H23N5O2. The van der Waals surface area contributed by atoms with Crippen molar-refractivity contribution in [2.45, 2.75) is 6.04 Å². The van der Waals surface area contributed by atoms with Crippen molar-refractivity contribution in [3.63, 3.8) is 0 Å². The second kappa shape index (κ2) is 6.03. The Labute approximate surface area is 125 Å². The third-order valence-electron chi connectivity index (χ3n) is 4.26. The minimum Gasteiger partial charge on any atom is -0.481 e. The summed E-state index contributed by atoms with van der Waals surface area (Å²) in [6.45, 7) is 6.34. The second-order valence-electron chi connectivity index (χ2n) is 5.65. The molecule has 1 unspecified atom stereocenters. The lowest BCUT2D eigenvalue weighted by Gasteiger charge is -2.46. The van der Waals surface area contributed by atoms with Crippen LogP contribution in [0.2, 0.25) is 0 Å². The second-order valence-corrected chi connectivity index (χ2v) is 5.65. The molecule has 2 saturated heterocycles. The Morgan fingerprint density at radius 2 is 1.67 bits per heavy atom. The zero-order valence-corrected chi connectivity index (χ0v) is 12.9. The normalized spacial score (nSPS) is 23.8. The first-order chi connectivity index (χ1) is 10.2. The van der Waals surface area contributed by atoms with Crippen molar-refractivity contribution in [1.29, 1.82) is 0 Å². The van der Waals surface area contributed by atoms with E-state index in [9.17, 15) is 0 Å². The van der Waals surface area contributed by atoms with E-state index in [1.165, 1.54) is 0 Å². The fraction of sp³-hybridized carbons (Fsp3) is 0.714. The van der Waals surface area contributed by atoms with Crippen LogP contribution in [-0.4, -0.2) is 86.3 Å². The van der Waals surface area contributed by atoms with Gasteiger partial charge in [-0.25, -0.2) is 0 Å². The van der Waals surface area contributed by atoms with Gasteiger partial charge >= 0.3 is 0 Å². The summed E-state index contributed by atoms with van der Waals surface area (Å²) < 4.78 is 10.5. The van der Waals surface area contributed by atoms with Crippen LogP contribution in [0.25, 0.3) is 0 Å². The molecule has 7 nitrogen and oxygen atoms in total. The van der Waals surface area contributed by atoms with Crippen LogP contribution in [0.4, 0.5) is 5.95 Å². The highest BCUT2D eigenvalue weighted by Gasteiger charge is 2.32. The number of hydrogen-bond donors (Lipinski definition) is 0. The summed E-state index contributed by atoms with van der Waals surface area (Å²) in [7, 11) is 5.40. The molecule has 2 aliphatic heterocycles. The summed E-state index contributed by atoms with van der Waals surface area (Å²) in [5.74, 6) is 1.78.